The molecule has 23 heavy (non-hydrogen) atoms. The van der Waals surface area contributed by atoms with Gasteiger partial charge in [-0.3, -0.25) is 0 Å². The van der Waals surface area contributed by atoms with E-state index in [-0.39, 0.29) is 0 Å². The van der Waals surface area contributed by atoms with E-state index < -0.39 is 0 Å². The Hall–Kier alpha value is -1.95. The zero-order valence-electron chi connectivity index (χ0n) is 14.4. The summed E-state index contributed by atoms with van der Waals surface area (Å²) in [6, 6.07) is 4.66. The zero-order valence-corrected chi connectivity index (χ0v) is 14.4. The first kappa shape index (κ1) is 15.9. The molecule has 0 radical (unpaired) electrons. The van der Waals surface area contributed by atoms with Crippen molar-refractivity contribution in [2.75, 3.05) is 32.1 Å². The summed E-state index contributed by atoms with van der Waals surface area (Å²) in [4.78, 5) is 13.6. The standard InChI is InChI=1S/C17H25N5O/c1-12(2)9-15-19-17(23-20-15)13-5-6-16(18-10-13)22-8-7-14(11-22)21(3)4/h5-6,10,12,14H,7-9,11H2,1-4H3/t14-/m0/s1. The molecule has 0 unspecified atom stereocenters. The number of pyridine rings is 1. The number of likely N-dealkylation sites (N-methyl/N-ethyl adjacent to an activating group) is 1. The quantitative estimate of drug-likeness (QED) is 0.845. The molecule has 6 nitrogen and oxygen atoms in total. The van der Waals surface area contributed by atoms with Crippen LogP contribution in [0.15, 0.2) is 22.9 Å². The molecule has 0 aliphatic carbocycles. The summed E-state index contributed by atoms with van der Waals surface area (Å²) in [5, 5.41) is 4.03. The molecule has 6 heteroatoms. The van der Waals surface area contributed by atoms with Gasteiger partial charge in [0.2, 0.25) is 0 Å². The third kappa shape index (κ3) is 3.69. The highest BCUT2D eigenvalue weighted by Crippen LogP contribution is 2.23. The van der Waals surface area contributed by atoms with Gasteiger partial charge >= 0.3 is 0 Å². The Bertz CT molecular complexity index is 635. The average Bonchev–Trinajstić information content (AvgIpc) is 3.16. The van der Waals surface area contributed by atoms with Crippen LogP contribution in [0.5, 0.6) is 0 Å². The molecule has 0 amide bonds. The summed E-state index contributed by atoms with van der Waals surface area (Å²) in [6.07, 6.45) is 3.83. The summed E-state index contributed by atoms with van der Waals surface area (Å²) < 4.78 is 5.34. The van der Waals surface area contributed by atoms with Crippen molar-refractivity contribution in [1.29, 1.82) is 0 Å². The molecule has 124 valence electrons. The van der Waals surface area contributed by atoms with Crippen LogP contribution in [-0.4, -0.2) is 53.3 Å². The lowest BCUT2D eigenvalue weighted by Crippen LogP contribution is -2.31. The lowest BCUT2D eigenvalue weighted by Gasteiger charge is -2.21. The predicted octanol–water partition coefficient (Wildman–Crippen LogP) is 2.47. The molecule has 2 aromatic rings. The van der Waals surface area contributed by atoms with Gasteiger partial charge in [-0.15, -0.1) is 0 Å². The van der Waals surface area contributed by atoms with Crippen molar-refractivity contribution >= 4 is 5.82 Å². The molecule has 0 bridgehead atoms. The number of anilines is 1. The van der Waals surface area contributed by atoms with E-state index in [0.29, 0.717) is 17.9 Å². The summed E-state index contributed by atoms with van der Waals surface area (Å²) in [5.74, 6) is 2.83. The Kier molecular flexibility index (Phi) is 4.61. The van der Waals surface area contributed by atoms with E-state index >= 15 is 0 Å². The summed E-state index contributed by atoms with van der Waals surface area (Å²) in [5.41, 5.74) is 0.875. The third-order valence-electron chi connectivity index (χ3n) is 4.27. The highest BCUT2D eigenvalue weighted by Gasteiger charge is 2.24. The van der Waals surface area contributed by atoms with E-state index in [9.17, 15) is 0 Å². The molecule has 3 heterocycles. The number of aromatic nitrogens is 3. The minimum atomic E-state index is 0.515. The van der Waals surface area contributed by atoms with Gasteiger partial charge in [-0.25, -0.2) is 4.98 Å². The maximum atomic E-state index is 5.34. The van der Waals surface area contributed by atoms with E-state index in [4.69, 9.17) is 4.52 Å². The van der Waals surface area contributed by atoms with E-state index in [1.807, 2.05) is 18.3 Å². The highest BCUT2D eigenvalue weighted by atomic mass is 16.5. The number of nitrogens with zero attached hydrogens (tertiary/aromatic N) is 5. The Morgan fingerprint density at radius 2 is 2.17 bits per heavy atom. The molecule has 3 rings (SSSR count). The molecule has 0 N–H and O–H groups in total. The fraction of sp³-hybridized carbons (Fsp3) is 0.588. The monoisotopic (exact) mass is 315 g/mol. The predicted molar refractivity (Wildman–Crippen MR) is 90.4 cm³/mol. The topological polar surface area (TPSA) is 58.3 Å². The van der Waals surface area contributed by atoms with Crippen LogP contribution in [0.3, 0.4) is 0 Å². The molecule has 1 aliphatic rings. The van der Waals surface area contributed by atoms with Gasteiger partial charge < -0.3 is 14.3 Å². The van der Waals surface area contributed by atoms with Crippen molar-refractivity contribution in [3.63, 3.8) is 0 Å². The lowest BCUT2D eigenvalue weighted by molar-refractivity contribution is 0.315. The molecule has 1 saturated heterocycles. The van der Waals surface area contributed by atoms with Gasteiger partial charge in [-0.2, -0.15) is 4.98 Å². The van der Waals surface area contributed by atoms with E-state index in [1.165, 1.54) is 6.42 Å². The lowest BCUT2D eigenvalue weighted by atomic mass is 10.1. The van der Waals surface area contributed by atoms with Crippen LogP contribution >= 0.6 is 0 Å². The normalized spacial score (nSPS) is 18.3. The molecule has 2 aromatic heterocycles. The smallest absolute Gasteiger partial charge is 0.259 e. The van der Waals surface area contributed by atoms with E-state index in [0.717, 1.165) is 36.7 Å². The maximum absolute atomic E-state index is 5.34. The van der Waals surface area contributed by atoms with Gasteiger partial charge in [-0.1, -0.05) is 19.0 Å². The van der Waals surface area contributed by atoms with Crippen molar-refractivity contribution < 1.29 is 4.52 Å². The molecule has 1 atom stereocenters. The molecular formula is C17H25N5O. The van der Waals surface area contributed by atoms with Crippen LogP contribution in [0.4, 0.5) is 5.82 Å². The number of hydrogen-bond donors (Lipinski definition) is 0. The molecule has 1 aliphatic heterocycles. The maximum Gasteiger partial charge on any atom is 0.259 e. The largest absolute Gasteiger partial charge is 0.355 e. The Labute approximate surface area is 137 Å². The van der Waals surface area contributed by atoms with Crippen molar-refractivity contribution in [1.82, 2.24) is 20.0 Å². The Morgan fingerprint density at radius 1 is 1.35 bits per heavy atom. The van der Waals surface area contributed by atoms with Crippen molar-refractivity contribution in [2.45, 2.75) is 32.7 Å². The average molecular weight is 315 g/mol. The van der Waals surface area contributed by atoms with E-state index in [2.05, 4.69) is 52.9 Å². The van der Waals surface area contributed by atoms with Crippen LogP contribution in [0, 0.1) is 5.92 Å². The third-order valence-corrected chi connectivity index (χ3v) is 4.27. The van der Waals surface area contributed by atoms with E-state index in [1.54, 1.807) is 0 Å². The molecule has 1 fully saturated rings. The fourth-order valence-corrected chi connectivity index (χ4v) is 2.89. The number of hydrogen-bond acceptors (Lipinski definition) is 6. The second-order valence-corrected chi connectivity index (χ2v) is 6.87. The second kappa shape index (κ2) is 6.66. The van der Waals surface area contributed by atoms with Crippen LogP contribution < -0.4 is 4.90 Å². The SMILES string of the molecule is CC(C)Cc1noc(-c2ccc(N3CC[C@H](N(C)C)C3)nc2)n1. The van der Waals surface area contributed by atoms with Crippen molar-refractivity contribution in [2.24, 2.45) is 5.92 Å². The van der Waals surface area contributed by atoms with Crippen LogP contribution in [0.1, 0.15) is 26.1 Å². The van der Waals surface area contributed by atoms with Crippen molar-refractivity contribution in [3.05, 3.63) is 24.2 Å². The van der Waals surface area contributed by atoms with Gasteiger partial charge in [0, 0.05) is 31.7 Å². The van der Waals surface area contributed by atoms with Crippen LogP contribution in [-0.2, 0) is 6.42 Å². The highest BCUT2D eigenvalue weighted by molar-refractivity contribution is 5.55. The van der Waals surface area contributed by atoms with Gasteiger partial charge in [-0.05, 0) is 38.6 Å². The van der Waals surface area contributed by atoms with Gasteiger partial charge in [0.1, 0.15) is 5.82 Å². The number of rotatable bonds is 5. The first-order valence-corrected chi connectivity index (χ1v) is 8.23. The molecule has 0 aromatic carbocycles. The molecule has 0 spiro atoms. The second-order valence-electron chi connectivity index (χ2n) is 6.87. The first-order chi connectivity index (χ1) is 11.0. The minimum Gasteiger partial charge on any atom is -0.355 e. The fourth-order valence-electron chi connectivity index (χ4n) is 2.89. The van der Waals surface area contributed by atoms with Gasteiger partial charge in [0.05, 0.1) is 5.56 Å². The first-order valence-electron chi connectivity index (χ1n) is 8.23. The van der Waals surface area contributed by atoms with Crippen LogP contribution in [0.2, 0.25) is 0 Å². The Balaban J connectivity index is 1.69. The summed E-state index contributed by atoms with van der Waals surface area (Å²) in [6.45, 7) is 6.36. The minimum absolute atomic E-state index is 0.515. The zero-order chi connectivity index (χ0) is 16.4. The Morgan fingerprint density at radius 3 is 2.78 bits per heavy atom. The summed E-state index contributed by atoms with van der Waals surface area (Å²) >= 11 is 0. The van der Waals surface area contributed by atoms with Gasteiger partial charge in [0.25, 0.3) is 5.89 Å². The van der Waals surface area contributed by atoms with Gasteiger partial charge in [0.15, 0.2) is 5.82 Å². The molecular weight excluding hydrogens is 290 g/mol. The molecule has 0 saturated carbocycles. The summed E-state index contributed by atoms with van der Waals surface area (Å²) in [7, 11) is 4.27. The van der Waals surface area contributed by atoms with Crippen molar-refractivity contribution in [3.8, 4) is 11.5 Å². The van der Waals surface area contributed by atoms with Crippen LogP contribution in [0.25, 0.3) is 11.5 Å².